The van der Waals surface area contributed by atoms with Crippen LogP contribution in [0.15, 0.2) is 0 Å². The Labute approximate surface area is 86.7 Å². The minimum atomic E-state index is 0.363. The normalized spacial score (nSPS) is 19.0. The number of rotatable bonds is 3. The van der Waals surface area contributed by atoms with Crippen molar-refractivity contribution in [3.63, 3.8) is 0 Å². The van der Waals surface area contributed by atoms with Crippen molar-refractivity contribution in [3.05, 3.63) is 11.6 Å². The Morgan fingerprint density at radius 1 is 1.46 bits per heavy atom. The van der Waals surface area contributed by atoms with Gasteiger partial charge >= 0.3 is 0 Å². The molecule has 0 bridgehead atoms. The van der Waals surface area contributed by atoms with Crippen LogP contribution in [0.2, 0.25) is 0 Å². The molecule has 1 fully saturated rings. The summed E-state index contributed by atoms with van der Waals surface area (Å²) in [6, 6.07) is 0. The molecule has 13 heavy (non-hydrogen) atoms. The molecule has 0 atom stereocenters. The molecule has 1 saturated carbocycles. The highest BCUT2D eigenvalue weighted by atomic mass is 79.9. The first-order valence-corrected chi connectivity index (χ1v) is 5.80. The molecular weight excluding hydrogens is 230 g/mol. The molecule has 0 N–H and O–H groups in total. The smallest absolute Gasteiger partial charge is 0.143 e. The van der Waals surface area contributed by atoms with E-state index >= 15 is 0 Å². The summed E-state index contributed by atoms with van der Waals surface area (Å²) < 4.78 is 2.13. The number of hydrogen-bond donors (Lipinski definition) is 0. The van der Waals surface area contributed by atoms with E-state index in [1.54, 1.807) is 0 Å². The third-order valence-corrected chi connectivity index (χ3v) is 3.59. The van der Waals surface area contributed by atoms with Gasteiger partial charge in [0.15, 0.2) is 0 Å². The zero-order valence-electron chi connectivity index (χ0n) is 8.05. The monoisotopic (exact) mass is 243 g/mol. The Morgan fingerprint density at radius 3 is 2.54 bits per heavy atom. The molecule has 1 heterocycles. The molecule has 0 radical (unpaired) electrons. The van der Waals surface area contributed by atoms with Gasteiger partial charge in [-0.15, -0.1) is 10.2 Å². The van der Waals surface area contributed by atoms with Gasteiger partial charge in [0, 0.05) is 12.5 Å². The maximum absolute atomic E-state index is 4.27. The third kappa shape index (κ3) is 1.31. The van der Waals surface area contributed by atoms with Crippen LogP contribution in [-0.2, 0) is 17.8 Å². The van der Waals surface area contributed by atoms with E-state index < -0.39 is 0 Å². The Bertz CT molecular complexity index is 315. The number of halogens is 1. The van der Waals surface area contributed by atoms with Gasteiger partial charge in [0.05, 0.1) is 5.33 Å². The van der Waals surface area contributed by atoms with Crippen LogP contribution in [0, 0.1) is 0 Å². The van der Waals surface area contributed by atoms with Gasteiger partial charge < -0.3 is 4.57 Å². The zero-order valence-corrected chi connectivity index (χ0v) is 9.63. The van der Waals surface area contributed by atoms with Gasteiger partial charge in [-0.3, -0.25) is 0 Å². The highest BCUT2D eigenvalue weighted by Crippen LogP contribution is 2.49. The van der Waals surface area contributed by atoms with E-state index in [2.05, 4.69) is 44.7 Å². The van der Waals surface area contributed by atoms with E-state index in [0.717, 1.165) is 11.2 Å². The summed E-state index contributed by atoms with van der Waals surface area (Å²) >= 11 is 3.41. The minimum absolute atomic E-state index is 0.363. The topological polar surface area (TPSA) is 30.7 Å². The molecule has 0 spiro atoms. The Balaban J connectivity index is 2.36. The van der Waals surface area contributed by atoms with Gasteiger partial charge in [0.25, 0.3) is 0 Å². The minimum Gasteiger partial charge on any atom is -0.317 e. The molecule has 0 amide bonds. The molecule has 1 aromatic heterocycles. The summed E-state index contributed by atoms with van der Waals surface area (Å²) in [6.07, 6.45) is 3.73. The van der Waals surface area contributed by atoms with Crippen LogP contribution >= 0.6 is 15.9 Å². The van der Waals surface area contributed by atoms with Crippen molar-refractivity contribution in [3.8, 4) is 0 Å². The van der Waals surface area contributed by atoms with Gasteiger partial charge in [0.2, 0.25) is 0 Å². The fraction of sp³-hybridized carbons (Fsp3) is 0.778. The molecule has 4 heteroatoms. The quantitative estimate of drug-likeness (QED) is 0.763. The van der Waals surface area contributed by atoms with Gasteiger partial charge in [-0.1, -0.05) is 22.9 Å². The van der Waals surface area contributed by atoms with E-state index in [-0.39, 0.29) is 0 Å². The SMILES string of the molecule is CCC1(c2nnc(CBr)n2C)CC1. The van der Waals surface area contributed by atoms with E-state index in [1.807, 2.05) is 0 Å². The lowest BCUT2D eigenvalue weighted by Crippen LogP contribution is -2.12. The van der Waals surface area contributed by atoms with Crippen molar-refractivity contribution >= 4 is 15.9 Å². The lowest BCUT2D eigenvalue weighted by atomic mass is 10.0. The van der Waals surface area contributed by atoms with Crippen LogP contribution in [0.3, 0.4) is 0 Å². The maximum Gasteiger partial charge on any atom is 0.143 e. The van der Waals surface area contributed by atoms with Gasteiger partial charge in [-0.25, -0.2) is 0 Å². The highest BCUT2D eigenvalue weighted by Gasteiger charge is 2.46. The molecule has 0 unspecified atom stereocenters. The van der Waals surface area contributed by atoms with Crippen LogP contribution in [0.5, 0.6) is 0 Å². The Morgan fingerprint density at radius 2 is 2.15 bits per heavy atom. The summed E-state index contributed by atoms with van der Waals surface area (Å²) in [5.41, 5.74) is 0.363. The van der Waals surface area contributed by atoms with Crippen molar-refractivity contribution in [1.29, 1.82) is 0 Å². The predicted molar refractivity (Wildman–Crippen MR) is 54.8 cm³/mol. The first-order chi connectivity index (χ1) is 6.23. The van der Waals surface area contributed by atoms with Gasteiger partial charge in [-0.2, -0.15) is 0 Å². The highest BCUT2D eigenvalue weighted by molar-refractivity contribution is 9.08. The number of aromatic nitrogens is 3. The lowest BCUT2D eigenvalue weighted by Gasteiger charge is -2.11. The molecule has 1 aliphatic rings. The number of nitrogens with zero attached hydrogens (tertiary/aromatic N) is 3. The molecule has 1 aliphatic carbocycles. The summed E-state index contributed by atoms with van der Waals surface area (Å²) in [4.78, 5) is 0. The van der Waals surface area contributed by atoms with E-state index in [4.69, 9.17) is 0 Å². The molecule has 3 nitrogen and oxygen atoms in total. The number of hydrogen-bond acceptors (Lipinski definition) is 2. The van der Waals surface area contributed by atoms with Crippen LogP contribution in [0.4, 0.5) is 0 Å². The van der Waals surface area contributed by atoms with Crippen LogP contribution < -0.4 is 0 Å². The largest absolute Gasteiger partial charge is 0.317 e. The summed E-state index contributed by atoms with van der Waals surface area (Å²) in [7, 11) is 2.06. The van der Waals surface area contributed by atoms with Crippen molar-refractivity contribution in [2.24, 2.45) is 7.05 Å². The summed E-state index contributed by atoms with van der Waals surface area (Å²) in [5, 5.41) is 9.22. The summed E-state index contributed by atoms with van der Waals surface area (Å²) in [5.74, 6) is 2.19. The number of alkyl halides is 1. The second kappa shape index (κ2) is 3.08. The lowest BCUT2D eigenvalue weighted by molar-refractivity contribution is 0.580. The molecule has 0 saturated heterocycles. The average molecular weight is 244 g/mol. The van der Waals surface area contributed by atoms with Crippen LogP contribution in [0.1, 0.15) is 37.8 Å². The molecule has 0 aromatic carbocycles. The van der Waals surface area contributed by atoms with E-state index in [0.29, 0.717) is 5.41 Å². The maximum atomic E-state index is 4.27. The van der Waals surface area contributed by atoms with Crippen LogP contribution in [-0.4, -0.2) is 14.8 Å². The van der Waals surface area contributed by atoms with E-state index in [1.165, 1.54) is 25.1 Å². The Hall–Kier alpha value is -0.380. The summed E-state index contributed by atoms with van der Waals surface area (Å²) in [6.45, 7) is 2.23. The molecule has 1 aromatic rings. The first kappa shape index (κ1) is 9.19. The van der Waals surface area contributed by atoms with Crippen LogP contribution in [0.25, 0.3) is 0 Å². The second-order valence-corrected chi connectivity index (χ2v) is 4.33. The fourth-order valence-electron chi connectivity index (χ4n) is 1.83. The molecule has 72 valence electrons. The molecule has 2 rings (SSSR count). The fourth-order valence-corrected chi connectivity index (χ4v) is 2.31. The second-order valence-electron chi connectivity index (χ2n) is 3.77. The molecule has 0 aliphatic heterocycles. The average Bonchev–Trinajstić information content (AvgIpc) is 2.85. The van der Waals surface area contributed by atoms with Crippen molar-refractivity contribution in [1.82, 2.24) is 14.8 Å². The third-order valence-electron chi connectivity index (χ3n) is 3.09. The zero-order chi connectivity index (χ0) is 9.47. The van der Waals surface area contributed by atoms with Crippen molar-refractivity contribution in [2.45, 2.75) is 36.9 Å². The van der Waals surface area contributed by atoms with Gasteiger partial charge in [0.1, 0.15) is 11.6 Å². The first-order valence-electron chi connectivity index (χ1n) is 4.68. The van der Waals surface area contributed by atoms with E-state index in [9.17, 15) is 0 Å². The van der Waals surface area contributed by atoms with Crippen molar-refractivity contribution < 1.29 is 0 Å². The molecular formula is C9H14BrN3. The Kier molecular flexibility index (Phi) is 2.18. The van der Waals surface area contributed by atoms with Crippen molar-refractivity contribution in [2.75, 3.05) is 0 Å². The predicted octanol–water partition coefficient (Wildman–Crippen LogP) is 2.15. The standard InChI is InChI=1S/C9H14BrN3/c1-3-9(4-5-9)8-12-11-7(6-10)13(8)2/h3-6H2,1-2H3. The van der Waals surface area contributed by atoms with Gasteiger partial charge in [-0.05, 0) is 19.3 Å².